The number of urea groups is 1. The SMILES string of the molecule is COCCN(CCO)C(=O)Nc1cccc(C(=O)O)c1. The first-order valence-corrected chi connectivity index (χ1v) is 6.07. The summed E-state index contributed by atoms with van der Waals surface area (Å²) in [6, 6.07) is 5.53. The molecule has 7 nitrogen and oxygen atoms in total. The van der Waals surface area contributed by atoms with Gasteiger partial charge in [0.05, 0.1) is 18.8 Å². The first kappa shape index (κ1) is 15.9. The van der Waals surface area contributed by atoms with Crippen LogP contribution in [-0.2, 0) is 4.74 Å². The fraction of sp³-hybridized carbons (Fsp3) is 0.385. The molecule has 1 rings (SSSR count). The highest BCUT2D eigenvalue weighted by atomic mass is 16.5. The summed E-state index contributed by atoms with van der Waals surface area (Å²) in [4.78, 5) is 24.2. The number of ether oxygens (including phenoxy) is 1. The lowest BCUT2D eigenvalue weighted by molar-refractivity contribution is 0.0697. The van der Waals surface area contributed by atoms with Gasteiger partial charge in [-0.05, 0) is 18.2 Å². The molecule has 1 aromatic rings. The van der Waals surface area contributed by atoms with Gasteiger partial charge in [0.15, 0.2) is 0 Å². The zero-order valence-electron chi connectivity index (χ0n) is 11.2. The Balaban J connectivity index is 2.71. The number of carboxylic acid groups (broad SMARTS) is 1. The minimum Gasteiger partial charge on any atom is -0.478 e. The van der Waals surface area contributed by atoms with Gasteiger partial charge in [-0.25, -0.2) is 9.59 Å². The van der Waals surface area contributed by atoms with Gasteiger partial charge in [-0.3, -0.25) is 0 Å². The van der Waals surface area contributed by atoms with Crippen LogP contribution in [0.15, 0.2) is 24.3 Å². The van der Waals surface area contributed by atoms with Gasteiger partial charge < -0.3 is 25.2 Å². The maximum Gasteiger partial charge on any atom is 0.335 e. The van der Waals surface area contributed by atoms with Crippen LogP contribution in [0.4, 0.5) is 10.5 Å². The van der Waals surface area contributed by atoms with E-state index in [1.165, 1.54) is 24.1 Å². The molecule has 0 saturated heterocycles. The molecule has 0 heterocycles. The molecule has 1 aromatic carbocycles. The van der Waals surface area contributed by atoms with E-state index >= 15 is 0 Å². The van der Waals surface area contributed by atoms with Crippen LogP contribution in [0, 0.1) is 0 Å². The highest BCUT2D eigenvalue weighted by molar-refractivity contribution is 5.93. The van der Waals surface area contributed by atoms with Crippen LogP contribution in [0.3, 0.4) is 0 Å². The fourth-order valence-electron chi connectivity index (χ4n) is 1.57. The molecule has 0 aliphatic heterocycles. The van der Waals surface area contributed by atoms with Crippen LogP contribution in [0.25, 0.3) is 0 Å². The number of carboxylic acids is 1. The number of hydrogen-bond acceptors (Lipinski definition) is 4. The topological polar surface area (TPSA) is 99.1 Å². The summed E-state index contributed by atoms with van der Waals surface area (Å²) >= 11 is 0. The molecule has 0 atom stereocenters. The Kier molecular flexibility index (Phi) is 6.48. The van der Waals surface area contributed by atoms with Crippen LogP contribution >= 0.6 is 0 Å². The summed E-state index contributed by atoms with van der Waals surface area (Å²) in [5.74, 6) is -1.06. The molecule has 7 heteroatoms. The van der Waals surface area contributed by atoms with E-state index in [1.54, 1.807) is 12.1 Å². The molecule has 0 fully saturated rings. The lowest BCUT2D eigenvalue weighted by Gasteiger charge is -2.21. The predicted octanol–water partition coefficient (Wildman–Crippen LogP) is 0.857. The van der Waals surface area contributed by atoms with E-state index in [2.05, 4.69) is 5.32 Å². The number of aliphatic hydroxyl groups excluding tert-OH is 1. The molecule has 0 radical (unpaired) electrons. The summed E-state index contributed by atoms with van der Waals surface area (Å²) in [5.41, 5.74) is 0.476. The molecule has 0 aliphatic carbocycles. The molecule has 0 spiro atoms. The minimum atomic E-state index is -1.06. The minimum absolute atomic E-state index is 0.0911. The number of rotatable bonds is 7. The highest BCUT2D eigenvalue weighted by Crippen LogP contribution is 2.11. The second-order valence-electron chi connectivity index (χ2n) is 4.02. The molecule has 0 saturated carbocycles. The molecular weight excluding hydrogens is 264 g/mol. The van der Waals surface area contributed by atoms with Crippen LogP contribution in [0.2, 0.25) is 0 Å². The van der Waals surface area contributed by atoms with E-state index in [1.807, 2.05) is 0 Å². The van der Waals surface area contributed by atoms with Crippen LogP contribution < -0.4 is 5.32 Å². The van der Waals surface area contributed by atoms with Gasteiger partial charge in [0.2, 0.25) is 0 Å². The first-order chi connectivity index (χ1) is 9.58. The maximum atomic E-state index is 12.0. The highest BCUT2D eigenvalue weighted by Gasteiger charge is 2.13. The second kappa shape index (κ2) is 8.13. The number of aliphatic hydroxyl groups is 1. The maximum absolute atomic E-state index is 12.0. The van der Waals surface area contributed by atoms with E-state index in [0.717, 1.165) is 0 Å². The standard InChI is InChI=1S/C13H18N2O5/c1-20-8-6-15(5-7-16)13(19)14-11-4-2-3-10(9-11)12(17)18/h2-4,9,16H,5-8H2,1H3,(H,14,19)(H,17,18). The molecular formula is C13H18N2O5. The number of nitrogens with one attached hydrogen (secondary N) is 1. The lowest BCUT2D eigenvalue weighted by Crippen LogP contribution is -2.39. The van der Waals surface area contributed by atoms with Crippen LogP contribution in [0.5, 0.6) is 0 Å². The Morgan fingerprint density at radius 2 is 2.10 bits per heavy atom. The number of benzene rings is 1. The van der Waals surface area contributed by atoms with Gasteiger partial charge in [0.25, 0.3) is 0 Å². The Morgan fingerprint density at radius 1 is 1.35 bits per heavy atom. The quantitative estimate of drug-likeness (QED) is 0.688. The molecule has 0 bridgehead atoms. The van der Waals surface area contributed by atoms with E-state index in [4.69, 9.17) is 14.9 Å². The lowest BCUT2D eigenvalue weighted by atomic mass is 10.2. The summed E-state index contributed by atoms with van der Waals surface area (Å²) in [5, 5.41) is 20.4. The molecule has 20 heavy (non-hydrogen) atoms. The van der Waals surface area contributed by atoms with E-state index in [0.29, 0.717) is 18.8 Å². The van der Waals surface area contributed by atoms with Crippen LogP contribution in [-0.4, -0.2) is 60.5 Å². The Morgan fingerprint density at radius 3 is 2.70 bits per heavy atom. The van der Waals surface area contributed by atoms with Gasteiger partial charge >= 0.3 is 12.0 Å². The molecule has 0 unspecified atom stereocenters. The number of amides is 2. The van der Waals surface area contributed by atoms with Gasteiger partial charge in [-0.15, -0.1) is 0 Å². The third kappa shape index (κ3) is 4.87. The van der Waals surface area contributed by atoms with Crippen molar-refractivity contribution in [1.29, 1.82) is 0 Å². The van der Waals surface area contributed by atoms with Crippen molar-refractivity contribution in [2.45, 2.75) is 0 Å². The largest absolute Gasteiger partial charge is 0.478 e. The molecule has 2 amide bonds. The van der Waals surface area contributed by atoms with Crippen molar-refractivity contribution in [3.8, 4) is 0 Å². The van der Waals surface area contributed by atoms with Gasteiger partial charge in [0.1, 0.15) is 0 Å². The smallest absolute Gasteiger partial charge is 0.335 e. The molecule has 0 aromatic heterocycles. The number of aromatic carboxylic acids is 1. The second-order valence-corrected chi connectivity index (χ2v) is 4.02. The number of anilines is 1. The van der Waals surface area contributed by atoms with E-state index in [9.17, 15) is 9.59 Å². The van der Waals surface area contributed by atoms with Crippen LogP contribution in [0.1, 0.15) is 10.4 Å². The molecule has 110 valence electrons. The summed E-state index contributed by atoms with van der Waals surface area (Å²) in [6.45, 7) is 0.699. The van der Waals surface area contributed by atoms with Crippen molar-refractivity contribution in [1.82, 2.24) is 4.90 Å². The normalized spacial score (nSPS) is 10.1. The molecule has 3 N–H and O–H groups in total. The average Bonchev–Trinajstić information content (AvgIpc) is 2.43. The third-order valence-corrected chi connectivity index (χ3v) is 2.58. The number of carbonyl (C=O) groups is 2. The zero-order valence-corrected chi connectivity index (χ0v) is 11.2. The van der Waals surface area contributed by atoms with Crippen molar-refractivity contribution in [3.05, 3.63) is 29.8 Å². The monoisotopic (exact) mass is 282 g/mol. The number of methoxy groups -OCH3 is 1. The average molecular weight is 282 g/mol. The Bertz CT molecular complexity index is 464. The summed E-state index contributed by atoms with van der Waals surface area (Å²) in [7, 11) is 1.52. The predicted molar refractivity (Wildman–Crippen MR) is 73.0 cm³/mol. The Labute approximate surface area is 116 Å². The van der Waals surface area contributed by atoms with Crippen molar-refractivity contribution >= 4 is 17.7 Å². The van der Waals surface area contributed by atoms with Crippen molar-refractivity contribution in [3.63, 3.8) is 0 Å². The Hall–Kier alpha value is -2.12. The first-order valence-electron chi connectivity index (χ1n) is 6.07. The van der Waals surface area contributed by atoms with Gasteiger partial charge in [-0.1, -0.05) is 6.07 Å². The third-order valence-electron chi connectivity index (χ3n) is 2.58. The molecule has 0 aliphatic rings. The van der Waals surface area contributed by atoms with E-state index < -0.39 is 12.0 Å². The number of carbonyl (C=O) groups excluding carboxylic acids is 1. The van der Waals surface area contributed by atoms with Crippen molar-refractivity contribution < 1.29 is 24.5 Å². The number of hydrogen-bond donors (Lipinski definition) is 3. The fourth-order valence-corrected chi connectivity index (χ4v) is 1.57. The van der Waals surface area contributed by atoms with E-state index in [-0.39, 0.29) is 18.7 Å². The zero-order chi connectivity index (χ0) is 15.0. The van der Waals surface area contributed by atoms with Crippen molar-refractivity contribution in [2.24, 2.45) is 0 Å². The van der Waals surface area contributed by atoms with Crippen molar-refractivity contribution in [2.75, 3.05) is 38.7 Å². The summed E-state index contributed by atoms with van der Waals surface area (Å²) < 4.78 is 4.89. The van der Waals surface area contributed by atoms with Gasteiger partial charge in [-0.2, -0.15) is 0 Å². The number of nitrogens with zero attached hydrogens (tertiary/aromatic N) is 1. The van der Waals surface area contributed by atoms with Gasteiger partial charge in [0, 0.05) is 25.9 Å². The summed E-state index contributed by atoms with van der Waals surface area (Å²) in [6.07, 6.45) is 0.